The second-order valence-electron chi connectivity index (χ2n) is 5.51. The van der Waals surface area contributed by atoms with Crippen molar-refractivity contribution in [1.82, 2.24) is 9.80 Å². The van der Waals surface area contributed by atoms with Crippen LogP contribution in [0.1, 0.15) is 32.8 Å². The van der Waals surface area contributed by atoms with Gasteiger partial charge in [0, 0.05) is 38.1 Å². The third-order valence-electron chi connectivity index (χ3n) is 3.96. The third kappa shape index (κ3) is 3.35. The molecule has 0 aliphatic carbocycles. The maximum atomic E-state index is 11.8. The van der Waals surface area contributed by atoms with Gasteiger partial charge in [0.2, 0.25) is 5.91 Å². The highest BCUT2D eigenvalue weighted by molar-refractivity contribution is 5.76. The van der Waals surface area contributed by atoms with Gasteiger partial charge in [0.15, 0.2) is 0 Å². The number of carbonyl (C=O) groups is 1. The van der Waals surface area contributed by atoms with E-state index < -0.39 is 0 Å². The van der Waals surface area contributed by atoms with E-state index in [2.05, 4.69) is 43.0 Å². The van der Waals surface area contributed by atoms with Gasteiger partial charge in [0.1, 0.15) is 0 Å². The summed E-state index contributed by atoms with van der Waals surface area (Å²) in [5, 5.41) is 0. The summed E-state index contributed by atoms with van der Waals surface area (Å²) in [6.45, 7) is 9.04. The van der Waals surface area contributed by atoms with Gasteiger partial charge < -0.3 is 4.90 Å². The summed E-state index contributed by atoms with van der Waals surface area (Å²) in [5.74, 6) is 0.276. The van der Waals surface area contributed by atoms with E-state index in [1.54, 1.807) is 0 Å². The third-order valence-corrected chi connectivity index (χ3v) is 3.96. The van der Waals surface area contributed by atoms with Gasteiger partial charge in [-0.25, -0.2) is 0 Å². The van der Waals surface area contributed by atoms with Crippen molar-refractivity contribution in [1.29, 1.82) is 0 Å². The number of benzene rings is 1. The van der Waals surface area contributed by atoms with Crippen LogP contribution in [0.4, 0.5) is 0 Å². The standard InChI is InChI=1S/C16H24N2O/c1-4-16(19)17-10-13(2)18(14(3)11-17)12-15-8-6-5-7-9-15/h5-9,13-14H,4,10-12H2,1-3H3/t13-,14+. The SMILES string of the molecule is CCC(=O)N1C[C@@H](C)N(Cc2ccccc2)[C@@H](C)C1. The van der Waals surface area contributed by atoms with Crippen molar-refractivity contribution >= 4 is 5.91 Å². The molecule has 19 heavy (non-hydrogen) atoms. The van der Waals surface area contributed by atoms with Crippen LogP contribution in [0.3, 0.4) is 0 Å². The fraction of sp³-hybridized carbons (Fsp3) is 0.562. The Labute approximate surface area is 116 Å². The quantitative estimate of drug-likeness (QED) is 0.833. The molecule has 0 spiro atoms. The van der Waals surface area contributed by atoms with Gasteiger partial charge >= 0.3 is 0 Å². The number of carbonyl (C=O) groups excluding carboxylic acids is 1. The van der Waals surface area contributed by atoms with E-state index in [0.29, 0.717) is 18.5 Å². The fourth-order valence-electron chi connectivity index (χ4n) is 2.89. The van der Waals surface area contributed by atoms with Crippen molar-refractivity contribution in [3.8, 4) is 0 Å². The van der Waals surface area contributed by atoms with Crippen LogP contribution in [0.25, 0.3) is 0 Å². The van der Waals surface area contributed by atoms with E-state index in [9.17, 15) is 4.79 Å². The first kappa shape index (κ1) is 14.1. The lowest BCUT2D eigenvalue weighted by atomic mass is 10.1. The minimum Gasteiger partial charge on any atom is -0.340 e. The van der Waals surface area contributed by atoms with Crippen LogP contribution in [0.2, 0.25) is 0 Å². The number of amides is 1. The molecule has 1 aliphatic rings. The number of hydrogen-bond acceptors (Lipinski definition) is 2. The Balaban J connectivity index is 2.02. The lowest BCUT2D eigenvalue weighted by molar-refractivity contribution is -0.135. The molecule has 1 fully saturated rings. The van der Waals surface area contributed by atoms with Crippen LogP contribution >= 0.6 is 0 Å². The summed E-state index contributed by atoms with van der Waals surface area (Å²) in [6, 6.07) is 11.4. The van der Waals surface area contributed by atoms with Crippen LogP contribution in [0.5, 0.6) is 0 Å². The summed E-state index contributed by atoms with van der Waals surface area (Å²) in [6.07, 6.45) is 0.609. The molecule has 1 aromatic rings. The predicted octanol–water partition coefficient (Wildman–Crippen LogP) is 2.52. The summed E-state index contributed by atoms with van der Waals surface area (Å²) in [5.41, 5.74) is 1.34. The molecule has 3 nitrogen and oxygen atoms in total. The lowest BCUT2D eigenvalue weighted by Crippen LogP contribution is -2.57. The summed E-state index contributed by atoms with van der Waals surface area (Å²) in [4.78, 5) is 16.3. The molecule has 1 saturated heterocycles. The van der Waals surface area contributed by atoms with Crippen LogP contribution in [-0.4, -0.2) is 40.9 Å². The van der Waals surface area contributed by atoms with Gasteiger partial charge in [-0.2, -0.15) is 0 Å². The molecule has 0 aromatic heterocycles. The highest BCUT2D eigenvalue weighted by Crippen LogP contribution is 2.19. The smallest absolute Gasteiger partial charge is 0.222 e. The van der Waals surface area contributed by atoms with E-state index in [0.717, 1.165) is 19.6 Å². The second kappa shape index (κ2) is 6.20. The Morgan fingerprint density at radius 1 is 1.16 bits per heavy atom. The van der Waals surface area contributed by atoms with E-state index in [1.165, 1.54) is 5.56 Å². The number of rotatable bonds is 3. The topological polar surface area (TPSA) is 23.6 Å². The van der Waals surface area contributed by atoms with Gasteiger partial charge in [-0.1, -0.05) is 37.3 Å². The van der Waals surface area contributed by atoms with Crippen LogP contribution in [0, 0.1) is 0 Å². The zero-order valence-electron chi connectivity index (χ0n) is 12.2. The highest BCUT2D eigenvalue weighted by atomic mass is 16.2. The van der Waals surface area contributed by atoms with Gasteiger partial charge in [-0.15, -0.1) is 0 Å². The number of nitrogens with zero attached hydrogens (tertiary/aromatic N) is 2. The van der Waals surface area contributed by atoms with E-state index >= 15 is 0 Å². The molecule has 0 saturated carbocycles. The lowest BCUT2D eigenvalue weighted by Gasteiger charge is -2.44. The second-order valence-corrected chi connectivity index (χ2v) is 5.51. The molecule has 0 radical (unpaired) electrons. The predicted molar refractivity (Wildman–Crippen MR) is 77.8 cm³/mol. The molecule has 0 bridgehead atoms. The summed E-state index contributed by atoms with van der Waals surface area (Å²) >= 11 is 0. The van der Waals surface area contributed by atoms with E-state index in [-0.39, 0.29) is 5.91 Å². The zero-order valence-corrected chi connectivity index (χ0v) is 12.2. The van der Waals surface area contributed by atoms with E-state index in [4.69, 9.17) is 0 Å². The molecule has 0 N–H and O–H groups in total. The Bertz CT molecular complexity index is 406. The number of piperazine rings is 1. The largest absolute Gasteiger partial charge is 0.340 e. The fourth-order valence-corrected chi connectivity index (χ4v) is 2.89. The molecular formula is C16H24N2O. The molecule has 1 aromatic carbocycles. The van der Waals surface area contributed by atoms with Crippen molar-refractivity contribution in [2.45, 2.75) is 45.8 Å². The molecule has 0 unspecified atom stereocenters. The first-order valence-corrected chi connectivity index (χ1v) is 7.19. The molecule has 1 aliphatic heterocycles. The maximum Gasteiger partial charge on any atom is 0.222 e. The van der Waals surface area contributed by atoms with Crippen LogP contribution in [-0.2, 0) is 11.3 Å². The minimum absolute atomic E-state index is 0.276. The Hall–Kier alpha value is -1.35. The van der Waals surface area contributed by atoms with Crippen molar-refractivity contribution in [3.05, 3.63) is 35.9 Å². The Morgan fingerprint density at radius 2 is 1.74 bits per heavy atom. The molecule has 1 amide bonds. The first-order chi connectivity index (χ1) is 9.11. The highest BCUT2D eigenvalue weighted by Gasteiger charge is 2.30. The van der Waals surface area contributed by atoms with Gasteiger partial charge in [0.25, 0.3) is 0 Å². The van der Waals surface area contributed by atoms with Crippen molar-refractivity contribution in [2.75, 3.05) is 13.1 Å². The maximum absolute atomic E-state index is 11.8. The average Bonchev–Trinajstić information content (AvgIpc) is 2.43. The van der Waals surface area contributed by atoms with Crippen molar-refractivity contribution in [2.24, 2.45) is 0 Å². The minimum atomic E-state index is 0.276. The zero-order chi connectivity index (χ0) is 13.8. The monoisotopic (exact) mass is 260 g/mol. The first-order valence-electron chi connectivity index (χ1n) is 7.19. The molecule has 2 rings (SSSR count). The van der Waals surface area contributed by atoms with Gasteiger partial charge in [0.05, 0.1) is 0 Å². The molecule has 2 atom stereocenters. The van der Waals surface area contributed by atoms with Crippen LogP contribution in [0.15, 0.2) is 30.3 Å². The summed E-state index contributed by atoms with van der Waals surface area (Å²) in [7, 11) is 0. The van der Waals surface area contributed by atoms with Gasteiger partial charge in [-0.3, -0.25) is 9.69 Å². The van der Waals surface area contributed by atoms with Crippen molar-refractivity contribution in [3.63, 3.8) is 0 Å². The number of hydrogen-bond donors (Lipinski definition) is 0. The Kier molecular flexibility index (Phi) is 4.59. The molecule has 3 heteroatoms. The van der Waals surface area contributed by atoms with Crippen molar-refractivity contribution < 1.29 is 4.79 Å². The normalized spacial score (nSPS) is 24.5. The van der Waals surface area contributed by atoms with Gasteiger partial charge in [-0.05, 0) is 19.4 Å². The average molecular weight is 260 g/mol. The molecule has 104 valence electrons. The van der Waals surface area contributed by atoms with Crippen LogP contribution < -0.4 is 0 Å². The van der Waals surface area contributed by atoms with E-state index in [1.807, 2.05) is 17.9 Å². The molecule has 1 heterocycles. The summed E-state index contributed by atoms with van der Waals surface area (Å²) < 4.78 is 0. The molecular weight excluding hydrogens is 236 g/mol. The Morgan fingerprint density at radius 3 is 2.26 bits per heavy atom.